The molecule has 34 heavy (non-hydrogen) atoms. The van der Waals surface area contributed by atoms with Gasteiger partial charge in [0.1, 0.15) is 18.0 Å². The summed E-state index contributed by atoms with van der Waals surface area (Å²) in [5.41, 5.74) is 2.00. The van der Waals surface area contributed by atoms with Crippen molar-refractivity contribution < 1.29 is 9.47 Å². The Hall–Kier alpha value is -2.36. The molecule has 0 amide bonds. The van der Waals surface area contributed by atoms with Crippen molar-refractivity contribution >= 4 is 11.6 Å². The Morgan fingerprint density at radius 3 is 2.62 bits per heavy atom. The Balaban J connectivity index is 1.31. The molecule has 0 spiro atoms. The molecule has 1 aliphatic carbocycles. The van der Waals surface area contributed by atoms with E-state index in [2.05, 4.69) is 50.0 Å². The fourth-order valence-corrected chi connectivity index (χ4v) is 4.85. The van der Waals surface area contributed by atoms with Crippen LogP contribution in [0.2, 0.25) is 0 Å². The third-order valence-corrected chi connectivity index (χ3v) is 7.03. The first-order valence-corrected chi connectivity index (χ1v) is 12.5. The lowest BCUT2D eigenvalue weighted by atomic mass is 9.82. The van der Waals surface area contributed by atoms with Crippen molar-refractivity contribution in [2.75, 3.05) is 44.1 Å². The topological polar surface area (TPSA) is 106 Å². The highest BCUT2D eigenvalue weighted by Gasteiger charge is 2.27. The smallest absolute Gasteiger partial charge is 0.149 e. The van der Waals surface area contributed by atoms with E-state index in [-0.39, 0.29) is 5.41 Å². The first-order chi connectivity index (χ1) is 16.5. The van der Waals surface area contributed by atoms with Gasteiger partial charge in [0.25, 0.3) is 0 Å². The molecule has 2 aromatic heterocycles. The predicted molar refractivity (Wildman–Crippen MR) is 134 cm³/mol. The molecule has 4 rings (SSSR count). The number of anilines is 2. The second-order valence-corrected chi connectivity index (χ2v) is 10.1. The van der Waals surface area contributed by atoms with Gasteiger partial charge in [-0.15, -0.1) is 5.10 Å². The van der Waals surface area contributed by atoms with E-state index in [0.29, 0.717) is 18.1 Å². The first kappa shape index (κ1) is 24.8. The number of hydrogen-bond donors (Lipinski definition) is 3. The Labute approximate surface area is 202 Å². The maximum atomic E-state index is 5.51. The molecular formula is C25H39N7O2. The van der Waals surface area contributed by atoms with Gasteiger partial charge in [-0.3, -0.25) is 0 Å². The molecular weight excluding hydrogens is 430 g/mol. The van der Waals surface area contributed by atoms with Crippen molar-refractivity contribution in [2.45, 2.75) is 70.5 Å². The molecule has 1 aliphatic heterocycles. The molecule has 3 N–H and O–H groups in total. The second-order valence-electron chi connectivity index (χ2n) is 10.1. The second kappa shape index (κ2) is 11.9. The number of hydrogen-bond acceptors (Lipinski definition) is 9. The molecule has 1 atom stereocenters. The summed E-state index contributed by atoms with van der Waals surface area (Å²) in [5.74, 6) is 1.63. The van der Waals surface area contributed by atoms with Gasteiger partial charge in [-0.25, -0.2) is 9.97 Å². The summed E-state index contributed by atoms with van der Waals surface area (Å²) in [6.07, 6.45) is 10.0. The molecule has 9 heteroatoms. The van der Waals surface area contributed by atoms with Crippen molar-refractivity contribution in [1.82, 2.24) is 25.5 Å². The molecule has 0 bridgehead atoms. The predicted octanol–water partition coefficient (Wildman–Crippen LogP) is 3.51. The van der Waals surface area contributed by atoms with Crippen LogP contribution in [0.15, 0.2) is 24.7 Å². The number of nitrogens with zero attached hydrogens (tertiary/aromatic N) is 4. The maximum absolute atomic E-state index is 5.51. The molecule has 2 fully saturated rings. The molecule has 0 unspecified atom stereocenters. The SMILES string of the molecule is COC[C@H](C)NC1CCC(Nc2cc(-c3cnnc(NCC4(C)CCOCC4)c3)ncn2)CC1. The van der Waals surface area contributed by atoms with Crippen LogP contribution >= 0.6 is 0 Å². The average molecular weight is 470 g/mol. The van der Waals surface area contributed by atoms with Crippen LogP contribution in [0.4, 0.5) is 11.6 Å². The van der Waals surface area contributed by atoms with Gasteiger partial charge in [0.05, 0.1) is 18.5 Å². The Bertz CT molecular complexity index is 898. The van der Waals surface area contributed by atoms with E-state index in [4.69, 9.17) is 9.47 Å². The summed E-state index contributed by atoms with van der Waals surface area (Å²) in [6, 6.07) is 5.38. The molecule has 3 heterocycles. The lowest BCUT2D eigenvalue weighted by Crippen LogP contribution is -2.42. The summed E-state index contributed by atoms with van der Waals surface area (Å²) in [7, 11) is 1.75. The zero-order chi connectivity index (χ0) is 23.8. The highest BCUT2D eigenvalue weighted by molar-refractivity contribution is 5.64. The third kappa shape index (κ3) is 7.07. The van der Waals surface area contributed by atoms with Crippen LogP contribution in [0.5, 0.6) is 0 Å². The van der Waals surface area contributed by atoms with E-state index in [9.17, 15) is 0 Å². The van der Waals surface area contributed by atoms with Crippen molar-refractivity contribution in [1.29, 1.82) is 0 Å². The van der Waals surface area contributed by atoms with Crippen LogP contribution in [0.25, 0.3) is 11.3 Å². The largest absolute Gasteiger partial charge is 0.383 e. The van der Waals surface area contributed by atoms with E-state index in [1.54, 1.807) is 19.6 Å². The summed E-state index contributed by atoms with van der Waals surface area (Å²) in [6.45, 7) is 7.73. The van der Waals surface area contributed by atoms with Gasteiger partial charge >= 0.3 is 0 Å². The van der Waals surface area contributed by atoms with Crippen molar-refractivity contribution in [2.24, 2.45) is 5.41 Å². The lowest BCUT2D eigenvalue weighted by Gasteiger charge is -2.33. The van der Waals surface area contributed by atoms with E-state index in [1.165, 1.54) is 0 Å². The Kier molecular flexibility index (Phi) is 8.64. The Morgan fingerprint density at radius 2 is 1.85 bits per heavy atom. The summed E-state index contributed by atoms with van der Waals surface area (Å²) in [5, 5.41) is 19.2. The quantitative estimate of drug-likeness (QED) is 0.482. The average Bonchev–Trinajstić information content (AvgIpc) is 2.85. The fraction of sp³-hybridized carbons (Fsp3) is 0.680. The van der Waals surface area contributed by atoms with Crippen LogP contribution in [-0.2, 0) is 9.47 Å². The highest BCUT2D eigenvalue weighted by Crippen LogP contribution is 2.30. The van der Waals surface area contributed by atoms with Crippen molar-refractivity contribution in [3.05, 3.63) is 24.7 Å². The summed E-state index contributed by atoms with van der Waals surface area (Å²) < 4.78 is 10.7. The van der Waals surface area contributed by atoms with E-state index in [0.717, 1.165) is 87.8 Å². The van der Waals surface area contributed by atoms with Gasteiger partial charge in [0, 0.05) is 56.6 Å². The van der Waals surface area contributed by atoms with E-state index in [1.807, 2.05) is 12.1 Å². The van der Waals surface area contributed by atoms with Crippen LogP contribution in [0.3, 0.4) is 0 Å². The van der Waals surface area contributed by atoms with Crippen LogP contribution < -0.4 is 16.0 Å². The number of aromatic nitrogens is 4. The Morgan fingerprint density at radius 1 is 1.09 bits per heavy atom. The first-order valence-electron chi connectivity index (χ1n) is 12.5. The van der Waals surface area contributed by atoms with Gasteiger partial charge in [0.2, 0.25) is 0 Å². The monoisotopic (exact) mass is 469 g/mol. The molecule has 1 saturated heterocycles. The zero-order valence-corrected chi connectivity index (χ0v) is 20.7. The highest BCUT2D eigenvalue weighted by atomic mass is 16.5. The summed E-state index contributed by atoms with van der Waals surface area (Å²) >= 11 is 0. The molecule has 0 aromatic carbocycles. The molecule has 186 valence electrons. The number of rotatable bonds is 10. The standard InChI is InChI=1S/C25H39N7O2/c1-18(15-33-3)30-20-4-6-21(7-5-20)31-23-13-22(27-17-28-23)19-12-24(32-29-14-19)26-16-25(2)8-10-34-11-9-25/h12-14,17-18,20-21,30H,4-11,15-16H2,1-3H3,(H,26,32)(H,27,28,31)/t18-,20?,21?/m0/s1. The maximum Gasteiger partial charge on any atom is 0.149 e. The minimum Gasteiger partial charge on any atom is -0.383 e. The third-order valence-electron chi connectivity index (χ3n) is 7.03. The molecule has 2 aliphatic rings. The number of methoxy groups -OCH3 is 1. The number of ether oxygens (including phenoxy) is 2. The van der Waals surface area contributed by atoms with Gasteiger partial charge in [0.15, 0.2) is 0 Å². The molecule has 2 aromatic rings. The minimum atomic E-state index is 0.221. The number of nitrogens with one attached hydrogen (secondary N) is 3. The normalized spacial score (nSPS) is 23.3. The molecule has 9 nitrogen and oxygen atoms in total. The van der Waals surface area contributed by atoms with Gasteiger partial charge in [-0.1, -0.05) is 6.92 Å². The lowest BCUT2D eigenvalue weighted by molar-refractivity contribution is 0.0299. The van der Waals surface area contributed by atoms with Gasteiger partial charge in [-0.05, 0) is 56.9 Å². The summed E-state index contributed by atoms with van der Waals surface area (Å²) in [4.78, 5) is 8.95. The van der Waals surface area contributed by atoms with Gasteiger partial charge in [-0.2, -0.15) is 5.10 Å². The van der Waals surface area contributed by atoms with Crippen molar-refractivity contribution in [3.8, 4) is 11.3 Å². The molecule has 0 radical (unpaired) electrons. The van der Waals surface area contributed by atoms with Crippen molar-refractivity contribution in [3.63, 3.8) is 0 Å². The van der Waals surface area contributed by atoms with Crippen LogP contribution in [0.1, 0.15) is 52.4 Å². The van der Waals surface area contributed by atoms with E-state index >= 15 is 0 Å². The van der Waals surface area contributed by atoms with Crippen LogP contribution in [0, 0.1) is 5.41 Å². The fourth-order valence-electron chi connectivity index (χ4n) is 4.85. The molecule has 1 saturated carbocycles. The van der Waals surface area contributed by atoms with Gasteiger partial charge < -0.3 is 25.4 Å². The zero-order valence-electron chi connectivity index (χ0n) is 20.7. The van der Waals surface area contributed by atoms with E-state index < -0.39 is 0 Å². The van der Waals surface area contributed by atoms with Crippen LogP contribution in [-0.4, -0.2) is 71.8 Å². The minimum absolute atomic E-state index is 0.221.